The maximum atomic E-state index is 13.7. The van der Waals surface area contributed by atoms with Crippen LogP contribution >= 0.6 is 0 Å². The lowest BCUT2D eigenvalue weighted by Gasteiger charge is -2.16. The van der Waals surface area contributed by atoms with Crippen LogP contribution in [0.25, 0.3) is 39.0 Å². The van der Waals surface area contributed by atoms with Gasteiger partial charge in [0.2, 0.25) is 0 Å². The van der Waals surface area contributed by atoms with E-state index in [0.29, 0.717) is 24.1 Å². The molecule has 0 saturated carbocycles. The van der Waals surface area contributed by atoms with Gasteiger partial charge in [-0.05, 0) is 67.3 Å². The number of nitrogens with one attached hydrogen (secondary N) is 1. The molecule has 0 radical (unpaired) electrons. The highest BCUT2D eigenvalue weighted by Gasteiger charge is 2.17. The van der Waals surface area contributed by atoms with Crippen molar-refractivity contribution in [3.63, 3.8) is 0 Å². The molecule has 0 saturated heterocycles. The van der Waals surface area contributed by atoms with E-state index in [-0.39, 0.29) is 12.2 Å². The molecule has 2 heterocycles. The lowest BCUT2D eigenvalue weighted by molar-refractivity contribution is 0.292. The van der Waals surface area contributed by atoms with Crippen LogP contribution in [0.1, 0.15) is 24.5 Å². The van der Waals surface area contributed by atoms with Gasteiger partial charge in [-0.1, -0.05) is 31.2 Å². The van der Waals surface area contributed by atoms with Crippen LogP contribution in [0.3, 0.4) is 0 Å². The van der Waals surface area contributed by atoms with Crippen molar-refractivity contribution in [1.82, 2.24) is 14.8 Å². The zero-order valence-corrected chi connectivity index (χ0v) is 20.4. The summed E-state index contributed by atoms with van der Waals surface area (Å²) < 4.78 is 7.06. The van der Waals surface area contributed by atoms with E-state index < -0.39 is 0 Å². The number of fused-ring (bicyclic) bond motifs is 1. The minimum Gasteiger partial charge on any atom is -0.444 e. The second-order valence-electron chi connectivity index (χ2n) is 8.77. The van der Waals surface area contributed by atoms with Gasteiger partial charge in [0.25, 0.3) is 5.56 Å². The van der Waals surface area contributed by atoms with E-state index in [0.717, 1.165) is 51.1 Å². The van der Waals surface area contributed by atoms with Gasteiger partial charge >= 0.3 is 0 Å². The summed E-state index contributed by atoms with van der Waals surface area (Å²) in [4.78, 5) is 17.7. The van der Waals surface area contributed by atoms with Crippen molar-refractivity contribution >= 4 is 16.5 Å². The second-order valence-corrected chi connectivity index (χ2v) is 8.77. The van der Waals surface area contributed by atoms with Crippen molar-refractivity contribution in [2.24, 2.45) is 0 Å². The maximum absolute atomic E-state index is 13.7. The van der Waals surface area contributed by atoms with Crippen LogP contribution in [0, 0.1) is 6.92 Å². The first-order valence-corrected chi connectivity index (χ1v) is 12.1. The standard InChI is InChI=1S/C29H28N4O3/c1-3-20-9-10-23(31-11-6-12-34)16-26(20)33-29(35)25-8-5-4-7-24(25)28(32-33)22-14-19(2)13-21(15-22)27-17-30-18-36-27/h4-5,7-10,13-18,31,34H,3,6,11-12H2,1-2H3. The van der Waals surface area contributed by atoms with Gasteiger partial charge in [-0.15, -0.1) is 0 Å². The van der Waals surface area contributed by atoms with Crippen LogP contribution in [0.5, 0.6) is 0 Å². The predicted molar refractivity (Wildman–Crippen MR) is 143 cm³/mol. The highest BCUT2D eigenvalue weighted by molar-refractivity contribution is 5.94. The van der Waals surface area contributed by atoms with Gasteiger partial charge in [-0.2, -0.15) is 9.78 Å². The van der Waals surface area contributed by atoms with Crippen molar-refractivity contribution in [1.29, 1.82) is 0 Å². The summed E-state index contributed by atoms with van der Waals surface area (Å²) in [6.45, 7) is 4.85. The number of rotatable bonds is 8. The molecule has 5 aromatic rings. The predicted octanol–water partition coefficient (Wildman–Crippen LogP) is 5.37. The normalized spacial score (nSPS) is 11.2. The van der Waals surface area contributed by atoms with Gasteiger partial charge in [-0.25, -0.2) is 4.98 Å². The number of hydrogen-bond acceptors (Lipinski definition) is 6. The summed E-state index contributed by atoms with van der Waals surface area (Å²) in [5.74, 6) is 0.674. The topological polar surface area (TPSA) is 93.2 Å². The molecule has 182 valence electrons. The number of aromatic nitrogens is 3. The Bertz CT molecular complexity index is 1570. The summed E-state index contributed by atoms with van der Waals surface area (Å²) in [5, 5.41) is 18.8. The summed E-state index contributed by atoms with van der Waals surface area (Å²) in [6.07, 6.45) is 4.50. The zero-order valence-electron chi connectivity index (χ0n) is 20.4. The number of benzene rings is 3. The van der Waals surface area contributed by atoms with E-state index in [1.807, 2.05) is 61.5 Å². The number of aliphatic hydroxyl groups is 1. The molecule has 0 bridgehead atoms. The number of aliphatic hydroxyl groups excluding tert-OH is 1. The SMILES string of the molecule is CCc1ccc(NCCCO)cc1-n1nc(-c2cc(C)cc(-c3cnco3)c2)c2ccccc2c1=O. The molecule has 0 aliphatic carbocycles. The largest absolute Gasteiger partial charge is 0.444 e. The highest BCUT2D eigenvalue weighted by Crippen LogP contribution is 2.31. The molecule has 0 aliphatic heterocycles. The second kappa shape index (κ2) is 10.2. The minimum atomic E-state index is -0.167. The van der Waals surface area contributed by atoms with Crippen LogP contribution in [-0.4, -0.2) is 33.0 Å². The van der Waals surface area contributed by atoms with Gasteiger partial charge in [0.1, 0.15) is 0 Å². The third-order valence-corrected chi connectivity index (χ3v) is 6.23. The molecular weight excluding hydrogens is 452 g/mol. The van der Waals surface area contributed by atoms with Crippen LogP contribution in [0.2, 0.25) is 0 Å². The first kappa shape index (κ1) is 23.5. The van der Waals surface area contributed by atoms with Gasteiger partial charge in [0.05, 0.1) is 23.0 Å². The number of hydrogen-bond donors (Lipinski definition) is 2. The number of aryl methyl sites for hydroxylation is 2. The average Bonchev–Trinajstić information content (AvgIpc) is 3.44. The van der Waals surface area contributed by atoms with E-state index in [1.165, 1.54) is 11.1 Å². The first-order chi connectivity index (χ1) is 17.6. The smallest absolute Gasteiger partial charge is 0.279 e. The number of oxazole rings is 1. The first-order valence-electron chi connectivity index (χ1n) is 12.1. The summed E-state index contributed by atoms with van der Waals surface area (Å²) >= 11 is 0. The Morgan fingerprint density at radius 2 is 1.83 bits per heavy atom. The molecule has 5 rings (SSSR count). The Balaban J connectivity index is 1.73. The summed E-state index contributed by atoms with van der Waals surface area (Å²) in [6, 6.07) is 19.7. The molecule has 0 aliphatic rings. The molecule has 0 amide bonds. The Morgan fingerprint density at radius 1 is 1.03 bits per heavy atom. The summed E-state index contributed by atoms with van der Waals surface area (Å²) in [7, 11) is 0. The van der Waals surface area contributed by atoms with Crippen molar-refractivity contribution in [2.45, 2.75) is 26.7 Å². The van der Waals surface area contributed by atoms with E-state index in [1.54, 1.807) is 6.20 Å². The van der Waals surface area contributed by atoms with Crippen molar-refractivity contribution in [2.75, 3.05) is 18.5 Å². The minimum absolute atomic E-state index is 0.120. The summed E-state index contributed by atoms with van der Waals surface area (Å²) in [5.41, 5.74) is 6.03. The molecule has 3 aromatic carbocycles. The van der Waals surface area contributed by atoms with Crippen LogP contribution in [0.15, 0.2) is 82.5 Å². The molecule has 36 heavy (non-hydrogen) atoms. The third kappa shape index (κ3) is 4.53. The lowest BCUT2D eigenvalue weighted by atomic mass is 9.99. The molecule has 0 spiro atoms. The van der Waals surface area contributed by atoms with E-state index in [2.05, 4.69) is 23.3 Å². The number of anilines is 1. The molecule has 2 N–H and O–H groups in total. The zero-order chi connectivity index (χ0) is 25.1. The van der Waals surface area contributed by atoms with E-state index in [4.69, 9.17) is 14.6 Å². The molecule has 7 nitrogen and oxygen atoms in total. The quantitative estimate of drug-likeness (QED) is 0.290. The Kier molecular flexibility index (Phi) is 6.64. The van der Waals surface area contributed by atoms with Crippen LogP contribution < -0.4 is 10.9 Å². The Hall–Kier alpha value is -4.23. The maximum Gasteiger partial charge on any atom is 0.279 e. The van der Waals surface area contributed by atoms with Crippen LogP contribution in [-0.2, 0) is 6.42 Å². The van der Waals surface area contributed by atoms with Crippen molar-refractivity contribution < 1.29 is 9.52 Å². The molecule has 7 heteroatoms. The van der Waals surface area contributed by atoms with Crippen molar-refractivity contribution in [3.05, 3.63) is 94.7 Å². The monoisotopic (exact) mass is 480 g/mol. The molecule has 0 fully saturated rings. The van der Waals surface area contributed by atoms with E-state index in [9.17, 15) is 4.79 Å². The molecule has 2 aromatic heterocycles. The Labute approximate surface area is 209 Å². The fourth-order valence-corrected chi connectivity index (χ4v) is 4.47. The fraction of sp³-hybridized carbons (Fsp3) is 0.207. The Morgan fingerprint density at radius 3 is 2.58 bits per heavy atom. The van der Waals surface area contributed by atoms with Gasteiger partial charge in [0.15, 0.2) is 12.2 Å². The average molecular weight is 481 g/mol. The molecule has 0 atom stereocenters. The van der Waals surface area contributed by atoms with Gasteiger partial charge < -0.3 is 14.8 Å². The van der Waals surface area contributed by atoms with E-state index >= 15 is 0 Å². The lowest BCUT2D eigenvalue weighted by Crippen LogP contribution is -2.23. The third-order valence-electron chi connectivity index (χ3n) is 6.23. The molecular formula is C29H28N4O3. The van der Waals surface area contributed by atoms with Crippen molar-refractivity contribution in [3.8, 4) is 28.3 Å². The van der Waals surface area contributed by atoms with Gasteiger partial charge in [0, 0.05) is 35.4 Å². The highest BCUT2D eigenvalue weighted by atomic mass is 16.3. The fourth-order valence-electron chi connectivity index (χ4n) is 4.47. The molecule has 0 unspecified atom stereocenters. The van der Waals surface area contributed by atoms with Crippen LogP contribution in [0.4, 0.5) is 5.69 Å². The van der Waals surface area contributed by atoms with Gasteiger partial charge in [-0.3, -0.25) is 4.79 Å². The number of nitrogens with zero attached hydrogens (tertiary/aromatic N) is 3.